The molecule has 254 valence electrons. The van der Waals surface area contributed by atoms with Gasteiger partial charge >= 0.3 is 0 Å². The first-order valence-electron chi connectivity index (χ1n) is 18.0. The molecule has 8 aromatic carbocycles. The summed E-state index contributed by atoms with van der Waals surface area (Å²) in [5, 5.41) is 4.51. The van der Waals surface area contributed by atoms with E-state index >= 15 is 0 Å². The van der Waals surface area contributed by atoms with E-state index in [1.807, 2.05) is 53.8 Å². The van der Waals surface area contributed by atoms with Gasteiger partial charge in [-0.25, -0.2) is 4.98 Å². The van der Waals surface area contributed by atoms with Crippen LogP contribution in [0.5, 0.6) is 0 Å². The normalized spacial score (nSPS) is 11.7. The van der Waals surface area contributed by atoms with Gasteiger partial charge in [0.05, 0.1) is 5.39 Å². The van der Waals surface area contributed by atoms with Gasteiger partial charge in [0.1, 0.15) is 16.7 Å². The molecule has 0 saturated heterocycles. The third kappa shape index (κ3) is 5.09. The second kappa shape index (κ2) is 12.3. The van der Waals surface area contributed by atoms with Crippen molar-refractivity contribution in [1.82, 2.24) is 4.98 Å². The van der Waals surface area contributed by atoms with Crippen LogP contribution in [0, 0.1) is 0 Å². The predicted molar refractivity (Wildman–Crippen MR) is 225 cm³/mol. The summed E-state index contributed by atoms with van der Waals surface area (Å²) in [7, 11) is 0. The monoisotopic (exact) mass is 710 g/mol. The molecule has 3 aromatic heterocycles. The zero-order valence-electron chi connectivity index (χ0n) is 28.9. The van der Waals surface area contributed by atoms with Crippen molar-refractivity contribution in [3.8, 4) is 33.7 Å². The minimum absolute atomic E-state index is 0.605. The molecular formula is C49H30N2O2S. The zero-order valence-corrected chi connectivity index (χ0v) is 29.8. The number of thiophene rings is 1. The lowest BCUT2D eigenvalue weighted by Crippen LogP contribution is -2.09. The molecule has 0 amide bonds. The van der Waals surface area contributed by atoms with Gasteiger partial charge in [0.2, 0.25) is 5.89 Å². The minimum Gasteiger partial charge on any atom is -0.456 e. The van der Waals surface area contributed by atoms with E-state index < -0.39 is 0 Å². The van der Waals surface area contributed by atoms with E-state index in [0.717, 1.165) is 66.8 Å². The fraction of sp³-hybridized carbons (Fsp3) is 0. The lowest BCUT2D eigenvalue weighted by atomic mass is 10.0. The van der Waals surface area contributed by atoms with Gasteiger partial charge in [0.15, 0.2) is 5.58 Å². The van der Waals surface area contributed by atoms with Crippen LogP contribution in [0.15, 0.2) is 191 Å². The molecule has 0 aliphatic rings. The van der Waals surface area contributed by atoms with Crippen LogP contribution < -0.4 is 4.90 Å². The van der Waals surface area contributed by atoms with Gasteiger partial charge in [-0.1, -0.05) is 97.1 Å². The summed E-state index contributed by atoms with van der Waals surface area (Å²) in [6.45, 7) is 0. The highest BCUT2D eigenvalue weighted by Crippen LogP contribution is 2.42. The molecule has 0 saturated carbocycles. The molecule has 0 atom stereocenters. The Morgan fingerprint density at radius 2 is 1.02 bits per heavy atom. The van der Waals surface area contributed by atoms with Gasteiger partial charge in [-0.3, -0.25) is 0 Å². The van der Waals surface area contributed by atoms with Crippen molar-refractivity contribution in [3.05, 3.63) is 182 Å². The van der Waals surface area contributed by atoms with Crippen molar-refractivity contribution in [3.63, 3.8) is 0 Å². The number of benzene rings is 8. The largest absolute Gasteiger partial charge is 0.456 e. The highest BCUT2D eigenvalue weighted by molar-refractivity contribution is 7.25. The Labute approximate surface area is 314 Å². The van der Waals surface area contributed by atoms with Gasteiger partial charge in [-0.05, 0) is 107 Å². The maximum Gasteiger partial charge on any atom is 0.227 e. The molecule has 0 N–H and O–H groups in total. The summed E-state index contributed by atoms with van der Waals surface area (Å²) in [6.07, 6.45) is 0. The zero-order chi connectivity index (χ0) is 35.6. The van der Waals surface area contributed by atoms with E-state index in [0.29, 0.717) is 5.89 Å². The summed E-state index contributed by atoms with van der Waals surface area (Å²) in [5.74, 6) is 0.605. The minimum atomic E-state index is 0.605. The van der Waals surface area contributed by atoms with Crippen LogP contribution in [-0.4, -0.2) is 4.98 Å². The van der Waals surface area contributed by atoms with Crippen LogP contribution >= 0.6 is 11.3 Å². The number of fused-ring (bicyclic) bond motifs is 8. The highest BCUT2D eigenvalue weighted by Gasteiger charge is 2.19. The summed E-state index contributed by atoms with van der Waals surface area (Å²) in [6, 6.07) is 64.1. The maximum atomic E-state index is 6.42. The number of anilines is 3. The van der Waals surface area contributed by atoms with Gasteiger partial charge in [0, 0.05) is 48.2 Å². The van der Waals surface area contributed by atoms with E-state index in [1.165, 1.54) is 31.3 Å². The van der Waals surface area contributed by atoms with Crippen molar-refractivity contribution in [2.45, 2.75) is 0 Å². The second-order valence-electron chi connectivity index (χ2n) is 13.6. The molecule has 0 aliphatic heterocycles. The average Bonchev–Trinajstić information content (AvgIpc) is 3.95. The smallest absolute Gasteiger partial charge is 0.227 e. The molecule has 54 heavy (non-hydrogen) atoms. The van der Waals surface area contributed by atoms with Crippen LogP contribution in [0.4, 0.5) is 17.1 Å². The van der Waals surface area contributed by atoms with E-state index in [9.17, 15) is 0 Å². The van der Waals surface area contributed by atoms with Crippen molar-refractivity contribution in [2.24, 2.45) is 0 Å². The molecule has 11 rings (SSSR count). The number of hydrogen-bond donors (Lipinski definition) is 0. The van der Waals surface area contributed by atoms with Crippen LogP contribution in [0.25, 0.3) is 86.9 Å². The lowest BCUT2D eigenvalue weighted by molar-refractivity contribution is 0.622. The van der Waals surface area contributed by atoms with Crippen molar-refractivity contribution < 1.29 is 8.83 Å². The number of hydrogen-bond acceptors (Lipinski definition) is 5. The van der Waals surface area contributed by atoms with E-state index in [4.69, 9.17) is 13.8 Å². The Balaban J connectivity index is 0.983. The number of nitrogens with zero attached hydrogens (tertiary/aromatic N) is 2. The molecule has 0 radical (unpaired) electrons. The Bertz CT molecular complexity index is 3140. The Morgan fingerprint density at radius 1 is 0.407 bits per heavy atom. The first-order valence-corrected chi connectivity index (χ1v) is 18.8. The Kier molecular flexibility index (Phi) is 7.00. The average molecular weight is 711 g/mol. The third-order valence-electron chi connectivity index (χ3n) is 10.3. The summed E-state index contributed by atoms with van der Waals surface area (Å²) >= 11 is 1.84. The molecule has 11 aromatic rings. The van der Waals surface area contributed by atoms with Gasteiger partial charge in [-0.2, -0.15) is 0 Å². The summed E-state index contributed by atoms with van der Waals surface area (Å²) < 4.78 is 15.4. The van der Waals surface area contributed by atoms with E-state index in [2.05, 4.69) is 144 Å². The predicted octanol–water partition coefficient (Wildman–Crippen LogP) is 14.6. The molecule has 5 heteroatoms. The number of oxazole rings is 1. The van der Waals surface area contributed by atoms with Gasteiger partial charge in [-0.15, -0.1) is 11.3 Å². The fourth-order valence-corrected chi connectivity index (χ4v) is 8.75. The van der Waals surface area contributed by atoms with Crippen LogP contribution in [0.2, 0.25) is 0 Å². The Hall–Kier alpha value is -6.95. The number of aromatic nitrogens is 1. The molecule has 0 unspecified atom stereocenters. The first-order chi connectivity index (χ1) is 26.7. The van der Waals surface area contributed by atoms with E-state index in [-0.39, 0.29) is 0 Å². The first kappa shape index (κ1) is 30.7. The van der Waals surface area contributed by atoms with Crippen molar-refractivity contribution in [2.75, 3.05) is 4.90 Å². The van der Waals surface area contributed by atoms with Gasteiger partial charge in [0.25, 0.3) is 0 Å². The molecule has 3 heterocycles. The Morgan fingerprint density at radius 3 is 1.78 bits per heavy atom. The molecule has 0 spiro atoms. The fourth-order valence-electron chi connectivity index (χ4n) is 7.67. The SMILES string of the molecule is c1ccc(-c2ccc(N(c3ccc(-c4ccc5c(c4)oc4ccc6nc(-c7ccccc7)oc6c45)cc3)c3ccc4sc5ccccc5c4c3)cc2)cc1. The summed E-state index contributed by atoms with van der Waals surface area (Å²) in [5.41, 5.74) is 12.0. The van der Waals surface area contributed by atoms with Crippen LogP contribution in [-0.2, 0) is 0 Å². The topological polar surface area (TPSA) is 42.4 Å². The van der Waals surface area contributed by atoms with Crippen molar-refractivity contribution >= 4 is 81.6 Å². The number of furan rings is 1. The standard InChI is InChI=1S/C49H30N2O2S/c1-3-9-31(10-4-1)32-15-20-36(21-16-32)51(38-24-28-46-41(30-38)39-13-7-8-14-45(39)54-46)37-22-17-33(18-23-37)35-19-25-40-44(29-35)52-43-27-26-42-48(47(40)43)53-49(50-42)34-11-5-2-6-12-34/h1-30H. The lowest BCUT2D eigenvalue weighted by Gasteiger charge is -2.26. The molecule has 4 nitrogen and oxygen atoms in total. The van der Waals surface area contributed by atoms with Crippen LogP contribution in [0.1, 0.15) is 0 Å². The molecule has 0 fully saturated rings. The molecule has 0 aliphatic carbocycles. The second-order valence-corrected chi connectivity index (χ2v) is 14.6. The molecule has 0 bridgehead atoms. The van der Waals surface area contributed by atoms with Crippen molar-refractivity contribution in [1.29, 1.82) is 0 Å². The molecular weight excluding hydrogens is 681 g/mol. The number of rotatable bonds is 6. The highest BCUT2D eigenvalue weighted by atomic mass is 32.1. The van der Waals surface area contributed by atoms with Crippen LogP contribution in [0.3, 0.4) is 0 Å². The summed E-state index contributed by atoms with van der Waals surface area (Å²) in [4.78, 5) is 7.13. The van der Waals surface area contributed by atoms with E-state index in [1.54, 1.807) is 0 Å². The quantitative estimate of drug-likeness (QED) is 0.172. The van der Waals surface area contributed by atoms with Gasteiger partial charge < -0.3 is 13.7 Å². The third-order valence-corrected chi connectivity index (χ3v) is 11.5. The maximum absolute atomic E-state index is 6.42.